The molecule has 2 nitrogen and oxygen atoms in total. The Kier molecular flexibility index (Phi) is 3.15. The van der Waals surface area contributed by atoms with Gasteiger partial charge in [-0.15, -0.1) is 11.6 Å². The van der Waals surface area contributed by atoms with E-state index in [1.165, 1.54) is 6.42 Å². The lowest BCUT2D eigenvalue weighted by Crippen LogP contribution is -2.22. The van der Waals surface area contributed by atoms with E-state index in [1.54, 1.807) is 0 Å². The molecule has 82 valence electrons. The minimum absolute atomic E-state index is 0.535. The van der Waals surface area contributed by atoms with E-state index in [2.05, 4.69) is 23.9 Å². The molecule has 2 rings (SSSR count). The molecule has 0 aliphatic heterocycles. The van der Waals surface area contributed by atoms with E-state index in [9.17, 15) is 0 Å². The van der Waals surface area contributed by atoms with Gasteiger partial charge in [0.05, 0.1) is 5.88 Å². The third kappa shape index (κ3) is 2.43. The summed E-state index contributed by atoms with van der Waals surface area (Å²) in [5.41, 5.74) is 1.12. The van der Waals surface area contributed by atoms with Crippen LogP contribution in [0.5, 0.6) is 0 Å². The average Bonchev–Trinajstić information content (AvgIpc) is 2.94. The van der Waals surface area contributed by atoms with Crippen LogP contribution in [0.1, 0.15) is 18.9 Å². The SMILES string of the molecule is CC1CC1CN(C)c1ncccc1CCl. The van der Waals surface area contributed by atoms with Gasteiger partial charge in [-0.05, 0) is 24.3 Å². The first-order chi connectivity index (χ1) is 7.22. The summed E-state index contributed by atoms with van der Waals surface area (Å²) in [6.07, 6.45) is 3.19. The number of alkyl halides is 1. The summed E-state index contributed by atoms with van der Waals surface area (Å²) in [5.74, 6) is 3.30. The summed E-state index contributed by atoms with van der Waals surface area (Å²) in [6, 6.07) is 3.98. The lowest BCUT2D eigenvalue weighted by atomic mass is 10.2. The predicted octanol–water partition coefficient (Wildman–Crippen LogP) is 2.91. The molecular weight excluding hydrogens is 208 g/mol. The van der Waals surface area contributed by atoms with Crippen molar-refractivity contribution in [1.29, 1.82) is 0 Å². The van der Waals surface area contributed by atoms with E-state index in [-0.39, 0.29) is 0 Å². The van der Waals surface area contributed by atoms with Gasteiger partial charge in [-0.2, -0.15) is 0 Å². The standard InChI is InChI=1S/C12H17ClN2/c1-9-6-11(9)8-15(2)12-10(7-13)4-3-5-14-12/h3-5,9,11H,6-8H2,1-2H3. The molecule has 2 atom stereocenters. The Hall–Kier alpha value is -0.760. The number of rotatable bonds is 4. The molecule has 1 saturated carbocycles. The van der Waals surface area contributed by atoms with Crippen molar-refractivity contribution in [1.82, 2.24) is 4.98 Å². The van der Waals surface area contributed by atoms with Gasteiger partial charge in [-0.1, -0.05) is 13.0 Å². The Morgan fingerprint density at radius 1 is 1.60 bits per heavy atom. The number of pyridine rings is 1. The smallest absolute Gasteiger partial charge is 0.132 e. The second kappa shape index (κ2) is 4.40. The molecule has 0 N–H and O–H groups in total. The topological polar surface area (TPSA) is 16.1 Å². The van der Waals surface area contributed by atoms with Crippen molar-refractivity contribution < 1.29 is 0 Å². The molecule has 0 saturated heterocycles. The van der Waals surface area contributed by atoms with Crippen molar-refractivity contribution in [2.24, 2.45) is 11.8 Å². The second-order valence-corrected chi connectivity index (χ2v) is 4.74. The molecule has 1 aliphatic carbocycles. The molecule has 1 fully saturated rings. The summed E-state index contributed by atoms with van der Waals surface area (Å²) < 4.78 is 0. The number of hydrogen-bond acceptors (Lipinski definition) is 2. The van der Waals surface area contributed by atoms with Gasteiger partial charge in [-0.3, -0.25) is 0 Å². The fraction of sp³-hybridized carbons (Fsp3) is 0.583. The first-order valence-corrected chi connectivity index (χ1v) is 5.96. The monoisotopic (exact) mass is 224 g/mol. The normalized spacial score (nSPS) is 23.9. The first kappa shape index (κ1) is 10.7. The molecule has 0 amide bonds. The number of nitrogens with zero attached hydrogens (tertiary/aromatic N) is 2. The van der Waals surface area contributed by atoms with E-state index in [0.29, 0.717) is 5.88 Å². The van der Waals surface area contributed by atoms with E-state index >= 15 is 0 Å². The highest BCUT2D eigenvalue weighted by Gasteiger charge is 2.33. The van der Waals surface area contributed by atoms with Crippen LogP contribution >= 0.6 is 11.6 Å². The molecule has 1 aromatic heterocycles. The van der Waals surface area contributed by atoms with Crippen LogP contribution in [-0.4, -0.2) is 18.6 Å². The Bertz CT molecular complexity index is 340. The van der Waals surface area contributed by atoms with Crippen LogP contribution < -0.4 is 4.90 Å². The summed E-state index contributed by atoms with van der Waals surface area (Å²) in [5, 5.41) is 0. The molecule has 0 aromatic carbocycles. The van der Waals surface area contributed by atoms with Crippen LogP contribution in [0, 0.1) is 11.8 Å². The van der Waals surface area contributed by atoms with Crippen LogP contribution in [0.25, 0.3) is 0 Å². The van der Waals surface area contributed by atoms with Crippen molar-refractivity contribution >= 4 is 17.4 Å². The lowest BCUT2D eigenvalue weighted by molar-refractivity contribution is 0.718. The van der Waals surface area contributed by atoms with Gasteiger partial charge in [-0.25, -0.2) is 4.98 Å². The van der Waals surface area contributed by atoms with E-state index in [0.717, 1.165) is 29.8 Å². The van der Waals surface area contributed by atoms with Gasteiger partial charge in [0.25, 0.3) is 0 Å². The molecule has 0 bridgehead atoms. The zero-order chi connectivity index (χ0) is 10.8. The van der Waals surface area contributed by atoms with E-state index < -0.39 is 0 Å². The molecule has 0 radical (unpaired) electrons. The summed E-state index contributed by atoms with van der Waals surface area (Å²) in [4.78, 5) is 6.62. The molecular formula is C12H17ClN2. The maximum absolute atomic E-state index is 5.89. The summed E-state index contributed by atoms with van der Waals surface area (Å²) >= 11 is 5.89. The van der Waals surface area contributed by atoms with E-state index in [4.69, 9.17) is 11.6 Å². The predicted molar refractivity (Wildman–Crippen MR) is 64.3 cm³/mol. The van der Waals surface area contributed by atoms with Crippen molar-refractivity contribution in [3.05, 3.63) is 23.9 Å². The van der Waals surface area contributed by atoms with Gasteiger partial charge >= 0.3 is 0 Å². The molecule has 15 heavy (non-hydrogen) atoms. The Balaban J connectivity index is 2.06. The zero-order valence-electron chi connectivity index (χ0n) is 9.28. The van der Waals surface area contributed by atoms with Crippen molar-refractivity contribution in [3.63, 3.8) is 0 Å². The Morgan fingerprint density at radius 3 is 2.93 bits per heavy atom. The fourth-order valence-corrected chi connectivity index (χ4v) is 2.18. The molecule has 1 aromatic rings. The summed E-state index contributed by atoms with van der Waals surface area (Å²) in [6.45, 7) is 3.40. The number of hydrogen-bond donors (Lipinski definition) is 0. The lowest BCUT2D eigenvalue weighted by Gasteiger charge is -2.20. The molecule has 3 heteroatoms. The number of halogens is 1. The Morgan fingerprint density at radius 2 is 2.33 bits per heavy atom. The molecule has 1 aliphatic rings. The van der Waals surface area contributed by atoms with Gasteiger partial charge in [0.1, 0.15) is 5.82 Å². The third-order valence-corrected chi connectivity index (χ3v) is 3.45. The number of aromatic nitrogens is 1. The average molecular weight is 225 g/mol. The maximum Gasteiger partial charge on any atom is 0.132 e. The molecule has 0 spiro atoms. The van der Waals surface area contributed by atoms with Crippen LogP contribution in [0.3, 0.4) is 0 Å². The highest BCUT2D eigenvalue weighted by molar-refractivity contribution is 6.17. The van der Waals surface area contributed by atoms with Crippen LogP contribution in [-0.2, 0) is 5.88 Å². The van der Waals surface area contributed by atoms with Crippen molar-refractivity contribution in [3.8, 4) is 0 Å². The maximum atomic E-state index is 5.89. The third-order valence-electron chi connectivity index (χ3n) is 3.16. The quantitative estimate of drug-likeness (QED) is 0.732. The van der Waals surface area contributed by atoms with Crippen LogP contribution in [0.15, 0.2) is 18.3 Å². The first-order valence-electron chi connectivity index (χ1n) is 5.43. The van der Waals surface area contributed by atoms with Crippen LogP contribution in [0.2, 0.25) is 0 Å². The van der Waals surface area contributed by atoms with E-state index in [1.807, 2.05) is 18.3 Å². The minimum atomic E-state index is 0.535. The summed E-state index contributed by atoms with van der Waals surface area (Å²) in [7, 11) is 2.10. The highest BCUT2D eigenvalue weighted by atomic mass is 35.5. The fourth-order valence-electron chi connectivity index (χ4n) is 1.97. The van der Waals surface area contributed by atoms with Crippen molar-refractivity contribution in [2.75, 3.05) is 18.5 Å². The highest BCUT2D eigenvalue weighted by Crippen LogP contribution is 2.38. The number of anilines is 1. The molecule has 2 unspecified atom stereocenters. The minimum Gasteiger partial charge on any atom is -0.359 e. The van der Waals surface area contributed by atoms with Gasteiger partial charge in [0.15, 0.2) is 0 Å². The second-order valence-electron chi connectivity index (χ2n) is 4.47. The van der Waals surface area contributed by atoms with Crippen LogP contribution in [0.4, 0.5) is 5.82 Å². The van der Waals surface area contributed by atoms with Gasteiger partial charge < -0.3 is 4.90 Å². The molecule has 1 heterocycles. The Labute approximate surface area is 96.3 Å². The van der Waals surface area contributed by atoms with Gasteiger partial charge in [0.2, 0.25) is 0 Å². The van der Waals surface area contributed by atoms with Crippen molar-refractivity contribution in [2.45, 2.75) is 19.2 Å². The largest absolute Gasteiger partial charge is 0.359 e. The zero-order valence-corrected chi connectivity index (χ0v) is 10.0. The van der Waals surface area contributed by atoms with Gasteiger partial charge in [0, 0.05) is 25.4 Å².